The maximum Gasteiger partial charge on any atom is 0.189 e. The summed E-state index contributed by atoms with van der Waals surface area (Å²) in [5.41, 5.74) is 1.15. The Labute approximate surface area is 109 Å². The second kappa shape index (κ2) is 5.40. The van der Waals surface area contributed by atoms with Crippen molar-refractivity contribution >= 4 is 21.9 Å². The average molecular weight is 298 g/mol. The van der Waals surface area contributed by atoms with Gasteiger partial charge in [-0.05, 0) is 40.0 Å². The van der Waals surface area contributed by atoms with Crippen LogP contribution in [0.15, 0.2) is 22.7 Å². The first kappa shape index (κ1) is 12.2. The first-order valence-electron chi connectivity index (χ1n) is 5.72. The second-order valence-electron chi connectivity index (χ2n) is 3.99. The standard InChI is InChI=1S/C12H16BrN3O/c1-2-5-17-11-4-3-8(6-9(11)13)10-7-15-12(14)16-10/h3-4,6,10H,2,5,7H2,1H3,(H3,14,15,16). The summed E-state index contributed by atoms with van der Waals surface area (Å²) in [4.78, 5) is 0. The number of benzene rings is 1. The van der Waals surface area contributed by atoms with Gasteiger partial charge in [0.2, 0.25) is 0 Å². The zero-order valence-electron chi connectivity index (χ0n) is 9.72. The summed E-state index contributed by atoms with van der Waals surface area (Å²) in [5.74, 6) is 1.26. The van der Waals surface area contributed by atoms with Crippen LogP contribution in [0.3, 0.4) is 0 Å². The molecule has 0 aliphatic carbocycles. The van der Waals surface area contributed by atoms with Crippen molar-refractivity contribution in [2.45, 2.75) is 19.4 Å². The highest BCUT2D eigenvalue weighted by Gasteiger charge is 2.19. The number of nitrogens with one attached hydrogen (secondary N) is 3. The van der Waals surface area contributed by atoms with Crippen LogP contribution in [0, 0.1) is 5.41 Å². The highest BCUT2D eigenvalue weighted by molar-refractivity contribution is 9.10. The van der Waals surface area contributed by atoms with Crippen LogP contribution in [0.4, 0.5) is 0 Å². The molecule has 3 N–H and O–H groups in total. The smallest absolute Gasteiger partial charge is 0.189 e. The topological polar surface area (TPSA) is 57.1 Å². The lowest BCUT2D eigenvalue weighted by atomic mass is 10.1. The van der Waals surface area contributed by atoms with Gasteiger partial charge in [0, 0.05) is 6.54 Å². The molecule has 0 bridgehead atoms. The Morgan fingerprint density at radius 2 is 2.35 bits per heavy atom. The molecule has 0 radical (unpaired) electrons. The largest absolute Gasteiger partial charge is 0.492 e. The van der Waals surface area contributed by atoms with Crippen LogP contribution in [-0.4, -0.2) is 19.1 Å². The van der Waals surface area contributed by atoms with Crippen LogP contribution in [0.1, 0.15) is 24.9 Å². The molecule has 1 aliphatic rings. The monoisotopic (exact) mass is 297 g/mol. The normalized spacial score (nSPS) is 18.7. The van der Waals surface area contributed by atoms with E-state index in [9.17, 15) is 0 Å². The third-order valence-corrected chi connectivity index (χ3v) is 3.24. The Hall–Kier alpha value is -1.23. The van der Waals surface area contributed by atoms with E-state index in [4.69, 9.17) is 10.1 Å². The molecule has 1 saturated heterocycles. The van der Waals surface area contributed by atoms with Gasteiger partial charge >= 0.3 is 0 Å². The number of halogens is 1. The average Bonchev–Trinajstić information content (AvgIpc) is 2.74. The predicted octanol–water partition coefficient (Wildman–Crippen LogP) is 2.41. The molecular weight excluding hydrogens is 282 g/mol. The van der Waals surface area contributed by atoms with Gasteiger partial charge in [0.1, 0.15) is 5.75 Å². The summed E-state index contributed by atoms with van der Waals surface area (Å²) in [5, 5.41) is 13.5. The lowest BCUT2D eigenvalue weighted by molar-refractivity contribution is 0.315. The summed E-state index contributed by atoms with van der Waals surface area (Å²) in [7, 11) is 0. The Morgan fingerprint density at radius 1 is 1.53 bits per heavy atom. The molecule has 1 heterocycles. The maximum atomic E-state index is 7.46. The van der Waals surface area contributed by atoms with E-state index in [2.05, 4.69) is 33.5 Å². The van der Waals surface area contributed by atoms with Crippen LogP contribution in [0.5, 0.6) is 5.75 Å². The van der Waals surface area contributed by atoms with Gasteiger partial charge in [-0.3, -0.25) is 5.41 Å². The van der Waals surface area contributed by atoms with Crippen LogP contribution >= 0.6 is 15.9 Å². The van der Waals surface area contributed by atoms with Crippen molar-refractivity contribution < 1.29 is 4.74 Å². The van der Waals surface area contributed by atoms with Gasteiger partial charge in [0.05, 0.1) is 17.1 Å². The van der Waals surface area contributed by atoms with Crippen LogP contribution in [-0.2, 0) is 0 Å². The second-order valence-corrected chi connectivity index (χ2v) is 4.85. The van der Waals surface area contributed by atoms with Crippen LogP contribution < -0.4 is 15.4 Å². The van der Waals surface area contributed by atoms with Gasteiger partial charge in [-0.15, -0.1) is 0 Å². The van der Waals surface area contributed by atoms with E-state index in [-0.39, 0.29) is 6.04 Å². The van der Waals surface area contributed by atoms with E-state index in [1.54, 1.807) is 0 Å². The van der Waals surface area contributed by atoms with Crippen molar-refractivity contribution in [3.8, 4) is 5.75 Å². The van der Waals surface area contributed by atoms with E-state index >= 15 is 0 Å². The van der Waals surface area contributed by atoms with E-state index in [1.807, 2.05) is 18.2 Å². The molecule has 5 heteroatoms. The fraction of sp³-hybridized carbons (Fsp3) is 0.417. The first-order chi connectivity index (χ1) is 8.20. The SMILES string of the molecule is CCCOc1ccc(C2CNC(=N)N2)cc1Br. The molecule has 0 spiro atoms. The Balaban J connectivity index is 2.10. The summed E-state index contributed by atoms with van der Waals surface area (Å²) >= 11 is 3.51. The van der Waals surface area contributed by atoms with Gasteiger partial charge in [-0.25, -0.2) is 0 Å². The zero-order chi connectivity index (χ0) is 12.3. The lowest BCUT2D eigenvalue weighted by Crippen LogP contribution is -2.22. The van der Waals surface area contributed by atoms with E-state index in [0.717, 1.165) is 35.4 Å². The molecule has 1 aromatic rings. The summed E-state index contributed by atoms with van der Waals surface area (Å²) in [6.45, 7) is 3.56. The van der Waals surface area contributed by atoms with Crippen molar-refractivity contribution in [3.63, 3.8) is 0 Å². The molecule has 0 amide bonds. The molecule has 0 aromatic heterocycles. The zero-order valence-corrected chi connectivity index (χ0v) is 11.3. The summed E-state index contributed by atoms with van der Waals surface area (Å²) in [6.07, 6.45) is 0.999. The molecule has 1 aromatic carbocycles. The van der Waals surface area contributed by atoms with E-state index in [1.165, 1.54) is 0 Å². The fourth-order valence-corrected chi connectivity index (χ4v) is 2.26. The highest BCUT2D eigenvalue weighted by atomic mass is 79.9. The Bertz CT molecular complexity index is 422. The summed E-state index contributed by atoms with van der Waals surface area (Å²) < 4.78 is 6.56. The molecule has 17 heavy (non-hydrogen) atoms. The molecule has 1 unspecified atom stereocenters. The molecule has 2 rings (SSSR count). The molecule has 4 nitrogen and oxygen atoms in total. The number of hydrogen-bond acceptors (Lipinski definition) is 2. The molecule has 1 fully saturated rings. The van der Waals surface area contributed by atoms with Crippen molar-refractivity contribution in [2.24, 2.45) is 0 Å². The highest BCUT2D eigenvalue weighted by Crippen LogP contribution is 2.29. The minimum absolute atomic E-state index is 0.166. The number of ether oxygens (including phenoxy) is 1. The van der Waals surface area contributed by atoms with Gasteiger partial charge in [0.25, 0.3) is 0 Å². The minimum atomic E-state index is 0.166. The quantitative estimate of drug-likeness (QED) is 0.800. The van der Waals surface area contributed by atoms with Gasteiger partial charge in [-0.1, -0.05) is 13.0 Å². The third kappa shape index (κ3) is 2.91. The molecule has 92 valence electrons. The number of hydrogen-bond donors (Lipinski definition) is 3. The molecular formula is C12H16BrN3O. The fourth-order valence-electron chi connectivity index (χ4n) is 1.74. The predicted molar refractivity (Wildman–Crippen MR) is 71.5 cm³/mol. The van der Waals surface area contributed by atoms with Crippen molar-refractivity contribution in [2.75, 3.05) is 13.2 Å². The maximum absolute atomic E-state index is 7.46. The van der Waals surface area contributed by atoms with E-state index in [0.29, 0.717) is 5.96 Å². The summed E-state index contributed by atoms with van der Waals surface area (Å²) in [6, 6.07) is 6.22. The van der Waals surface area contributed by atoms with Crippen molar-refractivity contribution in [1.29, 1.82) is 5.41 Å². The molecule has 1 atom stereocenters. The van der Waals surface area contributed by atoms with Crippen LogP contribution in [0.2, 0.25) is 0 Å². The van der Waals surface area contributed by atoms with Crippen molar-refractivity contribution in [1.82, 2.24) is 10.6 Å². The van der Waals surface area contributed by atoms with Gasteiger partial charge in [-0.2, -0.15) is 0 Å². The first-order valence-corrected chi connectivity index (χ1v) is 6.51. The van der Waals surface area contributed by atoms with Crippen molar-refractivity contribution in [3.05, 3.63) is 28.2 Å². The number of rotatable bonds is 4. The van der Waals surface area contributed by atoms with Gasteiger partial charge in [0.15, 0.2) is 5.96 Å². The molecule has 1 aliphatic heterocycles. The van der Waals surface area contributed by atoms with Gasteiger partial charge < -0.3 is 15.4 Å². The third-order valence-electron chi connectivity index (χ3n) is 2.62. The Morgan fingerprint density at radius 3 is 2.94 bits per heavy atom. The Kier molecular flexibility index (Phi) is 3.89. The lowest BCUT2D eigenvalue weighted by Gasteiger charge is -2.12. The molecule has 0 saturated carbocycles. The van der Waals surface area contributed by atoms with E-state index < -0.39 is 0 Å². The number of guanidine groups is 1. The minimum Gasteiger partial charge on any atom is -0.492 e. The van der Waals surface area contributed by atoms with Crippen LogP contribution in [0.25, 0.3) is 0 Å².